The van der Waals surface area contributed by atoms with Crippen LogP contribution in [-0.2, 0) is 6.42 Å². The Morgan fingerprint density at radius 3 is 2.48 bits per heavy atom. The highest BCUT2D eigenvalue weighted by Gasteiger charge is 2.31. The van der Waals surface area contributed by atoms with Gasteiger partial charge in [-0.1, -0.05) is 26.0 Å². The van der Waals surface area contributed by atoms with E-state index in [-0.39, 0.29) is 11.1 Å². The topological polar surface area (TPSA) is 58.0 Å². The van der Waals surface area contributed by atoms with E-state index in [4.69, 9.17) is 11.6 Å². The molecule has 1 atom stereocenters. The van der Waals surface area contributed by atoms with Gasteiger partial charge in [-0.25, -0.2) is 9.37 Å². The molecule has 2 aromatic rings. The summed E-state index contributed by atoms with van der Waals surface area (Å²) in [5.41, 5.74) is 0.613. The number of rotatable bonds is 4. The smallest absolute Gasteiger partial charge is 0.224 e. The van der Waals surface area contributed by atoms with Gasteiger partial charge in [0.15, 0.2) is 0 Å². The lowest BCUT2D eigenvalue weighted by molar-refractivity contribution is 0.0586. The Hall–Kier alpha value is -1.37. The molecule has 0 bridgehead atoms. The molecule has 2 N–H and O–H groups in total. The summed E-state index contributed by atoms with van der Waals surface area (Å²) >= 11 is 7.68. The van der Waals surface area contributed by atoms with Crippen molar-refractivity contribution in [3.63, 3.8) is 0 Å². The van der Waals surface area contributed by atoms with Crippen molar-refractivity contribution in [2.45, 2.75) is 50.7 Å². The van der Waals surface area contributed by atoms with Crippen LogP contribution in [0, 0.1) is 5.82 Å². The predicted molar refractivity (Wildman–Crippen MR) is 102 cm³/mol. The minimum Gasteiger partial charge on any atom is -0.388 e. The summed E-state index contributed by atoms with van der Waals surface area (Å²) in [5, 5.41) is 14.0. The van der Waals surface area contributed by atoms with Crippen molar-refractivity contribution in [3.8, 4) is 0 Å². The van der Waals surface area contributed by atoms with Gasteiger partial charge in [-0.05, 0) is 43.1 Å². The number of hydrogen-bond donors (Lipinski definition) is 2. The summed E-state index contributed by atoms with van der Waals surface area (Å²) in [6.07, 6.45) is 0.848. The van der Waals surface area contributed by atoms with Crippen LogP contribution in [0.15, 0.2) is 29.2 Å². The maximum Gasteiger partial charge on any atom is 0.224 e. The van der Waals surface area contributed by atoms with Crippen LogP contribution in [-0.4, -0.2) is 26.4 Å². The molecule has 0 fully saturated rings. The molecule has 0 aliphatic carbocycles. The summed E-state index contributed by atoms with van der Waals surface area (Å²) in [4.78, 5) is 9.49. The highest BCUT2D eigenvalue weighted by atomic mass is 35.5. The molecule has 0 radical (unpaired) electrons. The molecule has 1 aromatic heterocycles. The highest BCUT2D eigenvalue weighted by Crippen LogP contribution is 2.39. The summed E-state index contributed by atoms with van der Waals surface area (Å²) < 4.78 is 13.2. The summed E-state index contributed by atoms with van der Waals surface area (Å²) in [6.45, 7) is 7.40. The monoisotopic (exact) mass is 383 g/mol. The molecule has 0 spiro atoms. The number of aromatic nitrogens is 2. The number of aliphatic hydroxyl groups is 1. The van der Waals surface area contributed by atoms with E-state index < -0.39 is 11.6 Å². The molecule has 136 valence electrons. The predicted octanol–water partition coefficient (Wildman–Crippen LogP) is 4.87. The Labute approximate surface area is 157 Å². The number of nitrogens with zero attached hydrogens (tertiary/aromatic N) is 2. The number of benzene rings is 1. The first kappa shape index (κ1) is 19.9. The van der Waals surface area contributed by atoms with Gasteiger partial charge in [0, 0.05) is 12.2 Å². The molecule has 1 aliphatic heterocycles. The van der Waals surface area contributed by atoms with Crippen molar-refractivity contribution in [2.75, 3.05) is 11.1 Å². The van der Waals surface area contributed by atoms with E-state index in [1.165, 1.54) is 12.1 Å². The Kier molecular flexibility index (Phi) is 6.65. The number of aryl methyl sites for hydroxylation is 1. The number of hydrogen-bond acceptors (Lipinski definition) is 5. The summed E-state index contributed by atoms with van der Waals surface area (Å²) in [5.74, 6) is 1.23. The van der Waals surface area contributed by atoms with E-state index in [0.29, 0.717) is 5.82 Å². The maximum absolute atomic E-state index is 13.2. The summed E-state index contributed by atoms with van der Waals surface area (Å²) in [6, 6.07) is 5.60. The van der Waals surface area contributed by atoms with Crippen LogP contribution in [0.5, 0.6) is 0 Å². The SMILES string of the molecule is CC.CC(C)(O)C(Nc1nc(Cl)nc2c1SCC2)c1ccc(F)cc1. The van der Waals surface area contributed by atoms with Gasteiger partial charge in [0.1, 0.15) is 11.6 Å². The molecule has 1 aromatic carbocycles. The fraction of sp³-hybridized carbons (Fsp3) is 0.444. The number of nitrogens with one attached hydrogen (secondary N) is 1. The number of thioether (sulfide) groups is 1. The van der Waals surface area contributed by atoms with E-state index in [1.54, 1.807) is 37.7 Å². The Morgan fingerprint density at radius 1 is 1.24 bits per heavy atom. The van der Waals surface area contributed by atoms with Gasteiger partial charge >= 0.3 is 0 Å². The standard InChI is InChI=1S/C16H17ClFN3OS.C2H6/c1-16(2,22)13(9-3-5-10(18)6-4-9)20-14-12-11(7-8-23-12)19-15(17)21-14;1-2/h3-6,13,22H,7-8H2,1-2H3,(H,19,20,21);1-2H3. The fourth-order valence-electron chi connectivity index (χ4n) is 2.60. The first-order valence-corrected chi connectivity index (χ1v) is 9.64. The molecule has 4 nitrogen and oxygen atoms in total. The molecule has 0 saturated carbocycles. The van der Waals surface area contributed by atoms with Crippen LogP contribution in [0.2, 0.25) is 5.28 Å². The van der Waals surface area contributed by atoms with Crippen LogP contribution >= 0.6 is 23.4 Å². The van der Waals surface area contributed by atoms with Crippen LogP contribution in [0.1, 0.15) is 45.0 Å². The van der Waals surface area contributed by atoms with Gasteiger partial charge in [0.2, 0.25) is 5.28 Å². The van der Waals surface area contributed by atoms with Crippen LogP contribution in [0.3, 0.4) is 0 Å². The first-order chi connectivity index (χ1) is 11.8. The lowest BCUT2D eigenvalue weighted by Gasteiger charge is -2.31. The zero-order valence-corrected chi connectivity index (χ0v) is 16.4. The quantitative estimate of drug-likeness (QED) is 0.738. The third kappa shape index (κ3) is 4.84. The molecule has 3 rings (SSSR count). The normalized spacial score (nSPS) is 14.4. The fourth-order valence-corrected chi connectivity index (χ4v) is 3.84. The summed E-state index contributed by atoms with van der Waals surface area (Å²) in [7, 11) is 0. The zero-order chi connectivity index (χ0) is 18.6. The third-order valence-electron chi connectivity index (χ3n) is 3.68. The van der Waals surface area contributed by atoms with E-state index in [2.05, 4.69) is 15.3 Å². The molecule has 2 heterocycles. The van der Waals surface area contributed by atoms with Crippen molar-refractivity contribution in [3.05, 3.63) is 46.6 Å². The lowest BCUT2D eigenvalue weighted by Crippen LogP contribution is -2.34. The average molecular weight is 384 g/mol. The van der Waals surface area contributed by atoms with Gasteiger partial charge in [-0.3, -0.25) is 0 Å². The second-order valence-electron chi connectivity index (χ2n) is 6.00. The average Bonchev–Trinajstić information content (AvgIpc) is 3.02. The van der Waals surface area contributed by atoms with Crippen molar-refractivity contribution < 1.29 is 9.50 Å². The zero-order valence-electron chi connectivity index (χ0n) is 14.8. The Morgan fingerprint density at radius 2 is 1.88 bits per heavy atom. The van der Waals surface area contributed by atoms with Gasteiger partial charge < -0.3 is 10.4 Å². The van der Waals surface area contributed by atoms with E-state index >= 15 is 0 Å². The molecular weight excluding hydrogens is 361 g/mol. The van der Waals surface area contributed by atoms with Crippen molar-refractivity contribution in [1.82, 2.24) is 9.97 Å². The van der Waals surface area contributed by atoms with E-state index in [0.717, 1.165) is 28.3 Å². The first-order valence-electron chi connectivity index (χ1n) is 8.28. The lowest BCUT2D eigenvalue weighted by atomic mass is 9.92. The molecular formula is C18H23ClFN3OS. The van der Waals surface area contributed by atoms with E-state index in [1.807, 2.05) is 13.8 Å². The Balaban J connectivity index is 0.00000109. The van der Waals surface area contributed by atoms with Crippen molar-refractivity contribution >= 4 is 29.2 Å². The maximum atomic E-state index is 13.2. The van der Waals surface area contributed by atoms with Crippen molar-refractivity contribution in [1.29, 1.82) is 0 Å². The second kappa shape index (κ2) is 8.34. The second-order valence-corrected chi connectivity index (χ2v) is 7.44. The number of anilines is 1. The molecule has 1 aliphatic rings. The van der Waals surface area contributed by atoms with Crippen LogP contribution < -0.4 is 5.32 Å². The van der Waals surface area contributed by atoms with Crippen molar-refractivity contribution in [2.24, 2.45) is 0 Å². The number of halogens is 2. The number of fused-ring (bicyclic) bond motifs is 1. The molecule has 25 heavy (non-hydrogen) atoms. The van der Waals surface area contributed by atoms with E-state index in [9.17, 15) is 9.50 Å². The molecule has 1 unspecified atom stereocenters. The highest BCUT2D eigenvalue weighted by molar-refractivity contribution is 7.99. The Bertz CT molecular complexity index is 719. The molecule has 7 heteroatoms. The van der Waals surface area contributed by atoms with Gasteiger partial charge in [0.05, 0.1) is 22.2 Å². The van der Waals surface area contributed by atoms with Gasteiger partial charge in [0.25, 0.3) is 0 Å². The van der Waals surface area contributed by atoms with Gasteiger partial charge in [-0.2, -0.15) is 4.98 Å². The van der Waals surface area contributed by atoms with Crippen LogP contribution in [0.4, 0.5) is 10.2 Å². The molecule has 0 saturated heterocycles. The minimum absolute atomic E-state index is 0.183. The molecule has 0 amide bonds. The van der Waals surface area contributed by atoms with Crippen LogP contribution in [0.25, 0.3) is 0 Å². The minimum atomic E-state index is -1.08. The van der Waals surface area contributed by atoms with Gasteiger partial charge in [-0.15, -0.1) is 11.8 Å². The third-order valence-corrected chi connectivity index (χ3v) is 4.98. The largest absolute Gasteiger partial charge is 0.388 e.